The van der Waals surface area contributed by atoms with Gasteiger partial charge in [0.2, 0.25) is 5.95 Å². The molecule has 0 aliphatic carbocycles. The maximum Gasteiger partial charge on any atom is 0.221 e. The predicted octanol–water partition coefficient (Wildman–Crippen LogP) is 11.6. The van der Waals surface area contributed by atoms with Gasteiger partial charge in [0.05, 0.1) is 39.0 Å². The Morgan fingerprint density at radius 2 is 0.889 bits per heavy atom. The average Bonchev–Trinajstić information content (AvgIpc) is 3.80. The van der Waals surface area contributed by atoms with Crippen LogP contribution in [0.15, 0.2) is 182 Å². The van der Waals surface area contributed by atoms with E-state index >= 15 is 0 Å². The zero-order valence-corrected chi connectivity index (χ0v) is 29.0. The molecule has 0 amide bonds. The molecule has 0 aliphatic heterocycles. The zero-order chi connectivity index (χ0) is 35.6. The molecule has 7 aromatic carbocycles. The number of fused-ring (bicyclic) bond motifs is 8. The van der Waals surface area contributed by atoms with Crippen molar-refractivity contribution < 1.29 is 0 Å². The summed E-state index contributed by atoms with van der Waals surface area (Å²) in [5.74, 6) is 1.51. The van der Waals surface area contributed by atoms with E-state index in [0.29, 0.717) is 5.82 Å². The third-order valence-electron chi connectivity index (χ3n) is 10.3. The van der Waals surface area contributed by atoms with Gasteiger partial charge in [0.1, 0.15) is 5.65 Å². The van der Waals surface area contributed by atoms with Gasteiger partial charge >= 0.3 is 0 Å². The van der Waals surface area contributed by atoms with Crippen molar-refractivity contribution in [1.29, 1.82) is 0 Å². The first-order valence-corrected chi connectivity index (χ1v) is 18.1. The van der Waals surface area contributed by atoms with E-state index in [2.05, 4.69) is 142 Å². The van der Waals surface area contributed by atoms with Crippen LogP contribution in [0.2, 0.25) is 0 Å². The second-order valence-electron chi connectivity index (χ2n) is 13.5. The zero-order valence-electron chi connectivity index (χ0n) is 29.0. The highest BCUT2D eigenvalue weighted by Crippen LogP contribution is 2.37. The number of hydrogen-bond acceptors (Lipinski definition) is 4. The molecule has 0 radical (unpaired) electrons. The van der Waals surface area contributed by atoms with Gasteiger partial charge in [-0.25, -0.2) is 19.9 Å². The van der Waals surface area contributed by atoms with Gasteiger partial charge in [0.25, 0.3) is 0 Å². The Hall–Kier alpha value is -7.44. The molecule has 11 aromatic rings. The first kappa shape index (κ1) is 30.2. The van der Waals surface area contributed by atoms with Crippen molar-refractivity contribution in [1.82, 2.24) is 28.9 Å². The SMILES string of the molecule is c1ccc(-c2cc(-c3ccc(-c4ccc5c6ccccc6n(-c6nc7ccccc7c7nc8ccccc8n67)c5c4)cc3)nc(-c3ccccc3)n2)cc1. The Bertz CT molecular complexity index is 3140. The monoisotopic (exact) mass is 690 g/mol. The molecule has 4 heterocycles. The Morgan fingerprint density at radius 3 is 1.65 bits per heavy atom. The molecule has 0 saturated heterocycles. The number of nitrogens with zero attached hydrogens (tertiary/aromatic N) is 6. The van der Waals surface area contributed by atoms with Crippen LogP contribution in [0.1, 0.15) is 0 Å². The van der Waals surface area contributed by atoms with E-state index in [4.69, 9.17) is 19.9 Å². The minimum atomic E-state index is 0.705. The molecule has 4 aromatic heterocycles. The standard InChI is InChI=1S/C48H30N6/c1-3-13-32(14-4-1)41-30-42(50-46(49-41)34-15-5-2-6-16-34)33-25-23-31(24-26-33)35-27-28-37-36-17-8-11-21-43(36)53(45(37)29-35)48-52-39-19-9-7-18-38(39)47-51-40-20-10-12-22-44(40)54(47)48/h1-30H. The second kappa shape index (κ2) is 12.1. The fourth-order valence-electron chi connectivity index (χ4n) is 7.74. The van der Waals surface area contributed by atoms with Crippen LogP contribution in [0.25, 0.3) is 100 Å². The van der Waals surface area contributed by atoms with Crippen LogP contribution in [0.5, 0.6) is 0 Å². The molecular weight excluding hydrogens is 661 g/mol. The highest BCUT2D eigenvalue weighted by atomic mass is 15.2. The Morgan fingerprint density at radius 1 is 0.333 bits per heavy atom. The maximum absolute atomic E-state index is 5.35. The van der Waals surface area contributed by atoms with Crippen LogP contribution in [-0.2, 0) is 0 Å². The molecule has 6 heteroatoms. The number of imidazole rings is 1. The van der Waals surface area contributed by atoms with Crippen molar-refractivity contribution in [2.24, 2.45) is 0 Å². The van der Waals surface area contributed by atoms with Gasteiger partial charge in [-0.15, -0.1) is 0 Å². The second-order valence-corrected chi connectivity index (χ2v) is 13.5. The molecule has 0 aliphatic rings. The van der Waals surface area contributed by atoms with Gasteiger partial charge in [-0.1, -0.05) is 140 Å². The van der Waals surface area contributed by atoms with Crippen LogP contribution >= 0.6 is 0 Å². The van der Waals surface area contributed by atoms with Gasteiger partial charge in [-0.05, 0) is 53.6 Å². The third-order valence-corrected chi connectivity index (χ3v) is 10.3. The van der Waals surface area contributed by atoms with Crippen LogP contribution in [0, 0.1) is 0 Å². The summed E-state index contributed by atoms with van der Waals surface area (Å²) >= 11 is 0. The number of hydrogen-bond donors (Lipinski definition) is 0. The van der Waals surface area contributed by atoms with Crippen molar-refractivity contribution in [3.8, 4) is 51.0 Å². The highest BCUT2D eigenvalue weighted by molar-refractivity contribution is 6.10. The Labute approximate surface area is 310 Å². The quantitative estimate of drug-likeness (QED) is 0.180. The first-order valence-electron chi connectivity index (χ1n) is 18.1. The van der Waals surface area contributed by atoms with E-state index in [1.807, 2.05) is 48.5 Å². The van der Waals surface area contributed by atoms with Crippen molar-refractivity contribution in [3.63, 3.8) is 0 Å². The molecule has 252 valence electrons. The van der Waals surface area contributed by atoms with E-state index < -0.39 is 0 Å². The molecule has 6 nitrogen and oxygen atoms in total. The molecule has 0 atom stereocenters. The summed E-state index contributed by atoms with van der Waals surface area (Å²) in [7, 11) is 0. The Kier molecular flexibility index (Phi) is 6.75. The summed E-state index contributed by atoms with van der Waals surface area (Å²) in [5, 5.41) is 3.37. The topological polar surface area (TPSA) is 60.9 Å². The molecule has 0 bridgehead atoms. The van der Waals surface area contributed by atoms with Crippen LogP contribution in [-0.4, -0.2) is 28.9 Å². The van der Waals surface area contributed by atoms with Gasteiger partial charge in [0, 0.05) is 32.8 Å². The molecule has 0 saturated carbocycles. The third kappa shape index (κ3) is 4.81. The molecule has 54 heavy (non-hydrogen) atoms. The number of aromatic nitrogens is 6. The molecule has 0 N–H and O–H groups in total. The van der Waals surface area contributed by atoms with Crippen molar-refractivity contribution >= 4 is 49.4 Å². The molecule has 11 rings (SSSR count). The van der Waals surface area contributed by atoms with E-state index in [1.54, 1.807) is 0 Å². The van der Waals surface area contributed by atoms with Crippen LogP contribution in [0.4, 0.5) is 0 Å². The van der Waals surface area contributed by atoms with Crippen LogP contribution in [0.3, 0.4) is 0 Å². The number of para-hydroxylation sites is 4. The van der Waals surface area contributed by atoms with Gasteiger partial charge in [-0.3, -0.25) is 8.97 Å². The summed E-state index contributed by atoms with van der Waals surface area (Å²) in [4.78, 5) is 20.5. The lowest BCUT2D eigenvalue weighted by Gasteiger charge is -2.13. The number of rotatable bonds is 5. The van der Waals surface area contributed by atoms with Gasteiger partial charge in [-0.2, -0.15) is 0 Å². The van der Waals surface area contributed by atoms with Crippen molar-refractivity contribution in [2.45, 2.75) is 0 Å². The smallest absolute Gasteiger partial charge is 0.221 e. The average molecular weight is 691 g/mol. The minimum absolute atomic E-state index is 0.705. The molecular formula is C48H30N6. The van der Waals surface area contributed by atoms with E-state index in [1.165, 1.54) is 10.8 Å². The van der Waals surface area contributed by atoms with Crippen LogP contribution < -0.4 is 0 Å². The fourth-order valence-corrected chi connectivity index (χ4v) is 7.74. The van der Waals surface area contributed by atoms with Crippen molar-refractivity contribution in [3.05, 3.63) is 182 Å². The highest BCUT2D eigenvalue weighted by Gasteiger charge is 2.20. The van der Waals surface area contributed by atoms with Gasteiger partial charge in [0.15, 0.2) is 5.82 Å². The molecule has 0 unspecified atom stereocenters. The van der Waals surface area contributed by atoms with E-state index in [9.17, 15) is 0 Å². The maximum atomic E-state index is 5.35. The first-order chi connectivity index (χ1) is 26.8. The lowest BCUT2D eigenvalue weighted by molar-refractivity contribution is 0.979. The Balaban J connectivity index is 1.08. The normalized spacial score (nSPS) is 11.7. The summed E-state index contributed by atoms with van der Waals surface area (Å²) in [6, 6.07) is 63.1. The van der Waals surface area contributed by atoms with E-state index in [-0.39, 0.29) is 0 Å². The minimum Gasteiger partial charge on any atom is -0.279 e. The fraction of sp³-hybridized carbons (Fsp3) is 0. The lowest BCUT2D eigenvalue weighted by Crippen LogP contribution is -2.06. The lowest BCUT2D eigenvalue weighted by atomic mass is 10.0. The summed E-state index contributed by atoms with van der Waals surface area (Å²) in [6.07, 6.45) is 0. The van der Waals surface area contributed by atoms with Gasteiger partial charge < -0.3 is 0 Å². The van der Waals surface area contributed by atoms with E-state index in [0.717, 1.165) is 83.8 Å². The number of benzene rings is 7. The summed E-state index contributed by atoms with van der Waals surface area (Å²) in [5.41, 5.74) is 13.0. The summed E-state index contributed by atoms with van der Waals surface area (Å²) < 4.78 is 4.51. The summed E-state index contributed by atoms with van der Waals surface area (Å²) in [6.45, 7) is 0. The van der Waals surface area contributed by atoms with Crippen molar-refractivity contribution in [2.75, 3.05) is 0 Å². The largest absolute Gasteiger partial charge is 0.279 e. The molecule has 0 spiro atoms. The molecule has 0 fully saturated rings. The predicted molar refractivity (Wildman–Crippen MR) is 220 cm³/mol.